The number of benzene rings is 1. The topological polar surface area (TPSA) is 21.3 Å². The van der Waals surface area contributed by atoms with Crippen molar-refractivity contribution < 1.29 is 4.74 Å². The fourth-order valence-corrected chi connectivity index (χ4v) is 3.97. The van der Waals surface area contributed by atoms with Crippen molar-refractivity contribution in [2.75, 3.05) is 6.54 Å². The molecule has 2 aromatic rings. The minimum Gasteiger partial charge on any atom is -0.372 e. The molecule has 1 aliphatic rings. The monoisotopic (exact) mass is 301 g/mol. The number of ether oxygens (including phenoxy) is 1. The third-order valence-electron chi connectivity index (χ3n) is 4.07. The molecule has 1 unspecified atom stereocenters. The highest BCUT2D eigenvalue weighted by Gasteiger charge is 2.20. The van der Waals surface area contributed by atoms with Gasteiger partial charge in [-0.3, -0.25) is 0 Å². The highest BCUT2D eigenvalue weighted by Crippen LogP contribution is 2.32. The first kappa shape index (κ1) is 14.8. The average molecular weight is 301 g/mol. The van der Waals surface area contributed by atoms with E-state index in [0.29, 0.717) is 6.04 Å². The first-order valence-electron chi connectivity index (χ1n) is 7.68. The molecule has 3 heteroatoms. The van der Waals surface area contributed by atoms with E-state index in [1.165, 1.54) is 32.0 Å². The van der Waals surface area contributed by atoms with Gasteiger partial charge in [0, 0.05) is 9.75 Å². The summed E-state index contributed by atoms with van der Waals surface area (Å²) in [6, 6.07) is 9.43. The number of nitrogens with one attached hydrogen (secondary N) is 1. The molecule has 0 aliphatic carbocycles. The highest BCUT2D eigenvalue weighted by molar-refractivity contribution is 7.12. The molecule has 0 saturated carbocycles. The largest absolute Gasteiger partial charge is 0.372 e. The lowest BCUT2D eigenvalue weighted by Gasteiger charge is -2.20. The van der Waals surface area contributed by atoms with E-state index >= 15 is 0 Å². The average Bonchev–Trinajstić information content (AvgIpc) is 3.05. The van der Waals surface area contributed by atoms with Crippen molar-refractivity contribution in [3.63, 3.8) is 0 Å². The van der Waals surface area contributed by atoms with E-state index in [1.54, 1.807) is 0 Å². The van der Waals surface area contributed by atoms with E-state index in [4.69, 9.17) is 4.74 Å². The van der Waals surface area contributed by atoms with Gasteiger partial charge in [-0.2, -0.15) is 0 Å². The Morgan fingerprint density at radius 1 is 1.19 bits per heavy atom. The molecule has 0 fully saturated rings. The van der Waals surface area contributed by atoms with Gasteiger partial charge in [0.2, 0.25) is 0 Å². The van der Waals surface area contributed by atoms with Gasteiger partial charge in [-0.05, 0) is 55.1 Å². The zero-order valence-corrected chi connectivity index (χ0v) is 13.8. The maximum atomic E-state index is 5.55. The number of fused-ring (bicyclic) bond motifs is 1. The van der Waals surface area contributed by atoms with Crippen molar-refractivity contribution in [1.82, 2.24) is 5.32 Å². The maximum Gasteiger partial charge on any atom is 0.0725 e. The van der Waals surface area contributed by atoms with E-state index in [2.05, 4.69) is 50.4 Å². The molecule has 21 heavy (non-hydrogen) atoms. The lowest BCUT2D eigenvalue weighted by molar-refractivity contribution is 0.134. The summed E-state index contributed by atoms with van der Waals surface area (Å²) in [5.41, 5.74) is 5.46. The lowest BCUT2D eigenvalue weighted by Crippen LogP contribution is -2.23. The number of rotatable bonds is 5. The van der Waals surface area contributed by atoms with Crippen molar-refractivity contribution in [3.05, 3.63) is 56.3 Å². The predicted molar refractivity (Wildman–Crippen MR) is 88.9 cm³/mol. The second-order valence-electron chi connectivity index (χ2n) is 5.78. The van der Waals surface area contributed by atoms with Crippen LogP contribution in [0.3, 0.4) is 0 Å². The van der Waals surface area contributed by atoms with Crippen LogP contribution in [0.2, 0.25) is 0 Å². The first-order chi connectivity index (χ1) is 10.2. The molecular weight excluding hydrogens is 278 g/mol. The number of aryl methyl sites for hydroxylation is 2. The standard InChI is InChI=1S/C18H23NOS/c1-4-7-19-18(17-8-12(2)21-13(17)3)14-5-6-15-10-20-11-16(15)9-14/h5-6,8-9,18-19H,4,7,10-11H2,1-3H3. The van der Waals surface area contributed by atoms with Gasteiger partial charge in [-0.15, -0.1) is 11.3 Å². The lowest BCUT2D eigenvalue weighted by atomic mass is 9.95. The summed E-state index contributed by atoms with van der Waals surface area (Å²) in [6.07, 6.45) is 1.15. The summed E-state index contributed by atoms with van der Waals surface area (Å²) in [6.45, 7) is 9.18. The summed E-state index contributed by atoms with van der Waals surface area (Å²) in [5, 5.41) is 3.71. The molecule has 1 aliphatic heterocycles. The minimum atomic E-state index is 0.292. The van der Waals surface area contributed by atoms with Crippen LogP contribution in [0.1, 0.15) is 51.4 Å². The summed E-state index contributed by atoms with van der Waals surface area (Å²) < 4.78 is 5.55. The molecule has 0 bridgehead atoms. The zero-order chi connectivity index (χ0) is 14.8. The molecule has 1 N–H and O–H groups in total. The second kappa shape index (κ2) is 6.30. The van der Waals surface area contributed by atoms with E-state index in [-0.39, 0.29) is 0 Å². The third kappa shape index (κ3) is 3.05. The molecular formula is C18H23NOS. The predicted octanol–water partition coefficient (Wildman–Crippen LogP) is 4.48. The van der Waals surface area contributed by atoms with Gasteiger partial charge >= 0.3 is 0 Å². The number of thiophene rings is 1. The molecule has 0 saturated heterocycles. The molecule has 1 atom stereocenters. The fraction of sp³-hybridized carbons (Fsp3) is 0.444. The molecule has 3 rings (SSSR count). The molecule has 2 nitrogen and oxygen atoms in total. The van der Waals surface area contributed by atoms with E-state index < -0.39 is 0 Å². The fourth-order valence-electron chi connectivity index (χ4n) is 3.00. The molecule has 0 radical (unpaired) electrons. The van der Waals surface area contributed by atoms with Crippen LogP contribution in [0.15, 0.2) is 24.3 Å². The Labute approximate surface area is 131 Å². The van der Waals surface area contributed by atoms with Crippen LogP contribution >= 0.6 is 11.3 Å². The van der Waals surface area contributed by atoms with E-state index in [9.17, 15) is 0 Å². The van der Waals surface area contributed by atoms with Crippen molar-refractivity contribution in [3.8, 4) is 0 Å². The Morgan fingerprint density at radius 2 is 2.00 bits per heavy atom. The first-order valence-corrected chi connectivity index (χ1v) is 8.50. The van der Waals surface area contributed by atoms with Crippen LogP contribution < -0.4 is 5.32 Å². The van der Waals surface area contributed by atoms with Crippen LogP contribution in [0, 0.1) is 13.8 Å². The summed E-state index contributed by atoms with van der Waals surface area (Å²) in [5.74, 6) is 0. The molecule has 1 aromatic carbocycles. The maximum absolute atomic E-state index is 5.55. The molecule has 0 spiro atoms. The van der Waals surface area contributed by atoms with E-state index in [1.807, 2.05) is 11.3 Å². The van der Waals surface area contributed by atoms with Gasteiger partial charge in [0.15, 0.2) is 0 Å². The summed E-state index contributed by atoms with van der Waals surface area (Å²) in [4.78, 5) is 2.80. The molecule has 2 heterocycles. The van der Waals surface area contributed by atoms with Gasteiger partial charge in [-0.1, -0.05) is 25.1 Å². The van der Waals surface area contributed by atoms with Crippen LogP contribution in [-0.4, -0.2) is 6.54 Å². The van der Waals surface area contributed by atoms with Gasteiger partial charge in [-0.25, -0.2) is 0 Å². The molecule has 112 valence electrons. The van der Waals surface area contributed by atoms with E-state index in [0.717, 1.165) is 26.2 Å². The SMILES string of the molecule is CCCNC(c1ccc2c(c1)COC2)c1cc(C)sc1C. The van der Waals surface area contributed by atoms with Gasteiger partial charge in [0.1, 0.15) is 0 Å². The van der Waals surface area contributed by atoms with Gasteiger partial charge in [0.25, 0.3) is 0 Å². The number of hydrogen-bond acceptors (Lipinski definition) is 3. The van der Waals surface area contributed by atoms with Crippen molar-refractivity contribution in [1.29, 1.82) is 0 Å². The number of hydrogen-bond donors (Lipinski definition) is 1. The Morgan fingerprint density at radius 3 is 2.71 bits per heavy atom. The Bertz CT molecular complexity index is 632. The van der Waals surface area contributed by atoms with Crippen molar-refractivity contribution >= 4 is 11.3 Å². The van der Waals surface area contributed by atoms with Crippen LogP contribution in [0.4, 0.5) is 0 Å². The van der Waals surface area contributed by atoms with Crippen LogP contribution in [0.5, 0.6) is 0 Å². The Hall–Kier alpha value is -1.16. The van der Waals surface area contributed by atoms with Crippen LogP contribution in [-0.2, 0) is 18.0 Å². The second-order valence-corrected chi connectivity index (χ2v) is 7.24. The molecule has 0 amide bonds. The highest BCUT2D eigenvalue weighted by atomic mass is 32.1. The summed E-state index contributed by atoms with van der Waals surface area (Å²) in [7, 11) is 0. The Balaban J connectivity index is 1.97. The third-order valence-corrected chi connectivity index (χ3v) is 5.05. The van der Waals surface area contributed by atoms with Crippen molar-refractivity contribution in [2.24, 2.45) is 0 Å². The van der Waals surface area contributed by atoms with Crippen molar-refractivity contribution in [2.45, 2.75) is 46.4 Å². The zero-order valence-electron chi connectivity index (χ0n) is 13.0. The quantitative estimate of drug-likeness (QED) is 0.879. The summed E-state index contributed by atoms with van der Waals surface area (Å²) >= 11 is 1.89. The van der Waals surface area contributed by atoms with Crippen LogP contribution in [0.25, 0.3) is 0 Å². The van der Waals surface area contributed by atoms with Gasteiger partial charge < -0.3 is 10.1 Å². The normalized spacial score (nSPS) is 15.2. The minimum absolute atomic E-state index is 0.292. The van der Waals surface area contributed by atoms with Gasteiger partial charge in [0.05, 0.1) is 19.3 Å². The Kier molecular flexibility index (Phi) is 4.43. The smallest absolute Gasteiger partial charge is 0.0725 e. The molecule has 1 aromatic heterocycles.